The van der Waals surface area contributed by atoms with Crippen LogP contribution in [0.4, 0.5) is 4.79 Å². The van der Waals surface area contributed by atoms with Crippen LogP contribution in [0.25, 0.3) is 11.0 Å². The summed E-state index contributed by atoms with van der Waals surface area (Å²) in [6, 6.07) is 11.2. The van der Waals surface area contributed by atoms with Crippen molar-refractivity contribution in [2.24, 2.45) is 5.89 Å². The molecular weight excluding hydrogens is 652 g/mol. The number of alkyl carbamates (subject to hydrolysis) is 1. The van der Waals surface area contributed by atoms with Gasteiger partial charge in [-0.2, -0.15) is 4.31 Å². The van der Waals surface area contributed by atoms with Crippen molar-refractivity contribution in [3.63, 3.8) is 0 Å². The predicted molar refractivity (Wildman–Crippen MR) is 159 cm³/mol. The molecule has 8 nitrogen and oxygen atoms in total. The van der Waals surface area contributed by atoms with Gasteiger partial charge in [0.2, 0.25) is 10.0 Å². The Bertz CT molecular complexity index is 1610. The zero-order valence-corrected chi connectivity index (χ0v) is 26.0. The maximum absolute atomic E-state index is 14.3. The molecule has 3 atom stereocenters. The van der Waals surface area contributed by atoms with E-state index in [-0.39, 0.29) is 16.1 Å². The summed E-state index contributed by atoms with van der Waals surface area (Å²) in [5, 5.41) is 14.7. The number of hydrogen-bond donors (Lipinski definition) is 2. The third-order valence-electron chi connectivity index (χ3n) is 5.54. The average Bonchev–Trinajstić information content (AvgIpc) is 3.23. The van der Waals surface area contributed by atoms with Crippen LogP contribution in [0, 0.1) is 5.89 Å². The molecule has 0 aliphatic heterocycles. The van der Waals surface area contributed by atoms with Crippen molar-refractivity contribution >= 4 is 58.9 Å². The molecule has 1 aromatic heterocycles. The van der Waals surface area contributed by atoms with Crippen molar-refractivity contribution in [3.8, 4) is 0 Å². The van der Waals surface area contributed by atoms with E-state index in [1.54, 1.807) is 51.1 Å². The highest BCUT2D eigenvalue weighted by molar-refractivity contribution is 9.10. The van der Waals surface area contributed by atoms with Crippen LogP contribution in [-0.4, -0.2) is 54.7 Å². The van der Waals surface area contributed by atoms with Gasteiger partial charge in [-0.25, -0.2) is 13.2 Å². The number of alkyl halides is 1. The monoisotopic (exact) mass is 692 g/mol. The second-order valence-corrected chi connectivity index (χ2v) is 13.1. The number of carbonyl (C=O) groups is 1. The Morgan fingerprint density at radius 3 is 2.59 bits per heavy atom. The number of hydrogen-bond acceptors (Lipinski definition) is 6. The minimum absolute atomic E-state index is 0.0147. The van der Waals surface area contributed by atoms with Gasteiger partial charge in [-0.1, -0.05) is 60.0 Å². The lowest BCUT2D eigenvalue weighted by molar-refractivity contribution is 0.0400. The molecule has 1 amide bonds. The van der Waals surface area contributed by atoms with Gasteiger partial charge < -0.3 is 19.6 Å². The van der Waals surface area contributed by atoms with Crippen LogP contribution in [0.2, 0.25) is 0 Å². The molecule has 3 aromatic rings. The summed E-state index contributed by atoms with van der Waals surface area (Å²) in [5.74, 6) is -3.00. The van der Waals surface area contributed by atoms with E-state index < -0.39 is 64.5 Å². The number of carbonyl (C=O) groups excluding carboxylic acids is 1. The van der Waals surface area contributed by atoms with Crippen molar-refractivity contribution in [1.82, 2.24) is 9.62 Å². The Balaban J connectivity index is 2.15. The zero-order chi connectivity index (χ0) is 34.2. The third-order valence-corrected chi connectivity index (χ3v) is 8.42. The van der Waals surface area contributed by atoms with Crippen molar-refractivity contribution in [3.05, 3.63) is 64.3 Å². The van der Waals surface area contributed by atoms with Gasteiger partial charge >= 0.3 is 6.09 Å². The van der Waals surface area contributed by atoms with Crippen LogP contribution in [0.15, 0.2) is 62.5 Å². The van der Waals surface area contributed by atoms with E-state index in [1.807, 2.05) is 0 Å². The number of ether oxygens (including phenoxy) is 1. The van der Waals surface area contributed by atoms with Gasteiger partial charge in [0.25, 0.3) is 0 Å². The molecule has 0 spiro atoms. The lowest BCUT2D eigenvalue weighted by Crippen LogP contribution is -2.51. The predicted octanol–water partition coefficient (Wildman–Crippen LogP) is 6.23. The van der Waals surface area contributed by atoms with Crippen LogP contribution >= 0.6 is 31.9 Å². The third kappa shape index (κ3) is 8.53. The lowest BCUT2D eigenvalue weighted by Gasteiger charge is -2.31. The molecule has 2 N–H and O–H groups in total. The van der Waals surface area contributed by atoms with E-state index in [4.69, 9.17) is 17.4 Å². The highest BCUT2D eigenvalue weighted by atomic mass is 79.9. The van der Waals surface area contributed by atoms with E-state index >= 15 is 0 Å². The molecule has 0 saturated heterocycles. The number of benzene rings is 2. The molecule has 0 bridgehead atoms. The van der Waals surface area contributed by atoms with Gasteiger partial charge in [0.1, 0.15) is 11.2 Å². The van der Waals surface area contributed by atoms with Crippen LogP contribution < -0.4 is 5.32 Å². The van der Waals surface area contributed by atoms with Gasteiger partial charge in [0.05, 0.1) is 17.0 Å². The second-order valence-electron chi connectivity index (χ2n) is 9.93. The molecule has 0 aliphatic rings. The number of nitrogens with zero attached hydrogens (tertiary/aromatic N) is 1. The summed E-state index contributed by atoms with van der Waals surface area (Å²) in [5.41, 5.74) is 0.665. The fourth-order valence-electron chi connectivity index (χ4n) is 3.81. The minimum atomic E-state index is -4.96. The maximum atomic E-state index is 14.3. The van der Waals surface area contributed by atoms with E-state index in [0.29, 0.717) is 26.8 Å². The number of nitrogens with one attached hydrogen (secondary N) is 1. The average molecular weight is 695 g/mol. The summed E-state index contributed by atoms with van der Waals surface area (Å²) >= 11 is 6.62. The van der Waals surface area contributed by atoms with E-state index in [1.165, 1.54) is 12.1 Å². The largest absolute Gasteiger partial charge is 0.449 e. The van der Waals surface area contributed by atoms with Crippen LogP contribution in [0.5, 0.6) is 0 Å². The highest BCUT2D eigenvalue weighted by Crippen LogP contribution is 2.34. The van der Waals surface area contributed by atoms with Gasteiger partial charge in [0.15, 0.2) is 4.67 Å². The summed E-state index contributed by atoms with van der Waals surface area (Å²) < 4.78 is 89.8. The molecule has 2 aromatic carbocycles. The maximum Gasteiger partial charge on any atom is 0.407 e. The molecule has 0 saturated carbocycles. The first-order valence-electron chi connectivity index (χ1n) is 15.0. The van der Waals surface area contributed by atoms with Gasteiger partial charge in [-0.15, -0.1) is 0 Å². The van der Waals surface area contributed by atoms with Gasteiger partial charge in [-0.3, -0.25) is 0 Å². The van der Waals surface area contributed by atoms with Crippen LogP contribution in [0.1, 0.15) is 53.9 Å². The first-order valence-corrected chi connectivity index (χ1v) is 15.4. The summed E-state index contributed by atoms with van der Waals surface area (Å²) in [4.78, 5) is 12.3. The standard InChI is InChI=1S/C28H36Br2N2O6S/c1-18(2)16-32(39(35,36)20-11-12-25-21(14-20)22(15-29)26(30)37-25)17-24(33)23(13-19-9-7-6-8-10-19)31-27(34)38-28(3,4)5/h6-12,14,18,23-24,33H,13,15-17H2,1-5H3,(H,31,34)/t23-,24+/m0/s1/i1D3,16D2,18D/t18?,23-,24+. The Morgan fingerprint density at radius 1 is 1.28 bits per heavy atom. The molecule has 0 aliphatic carbocycles. The molecular formula is C28H36Br2N2O6S. The minimum Gasteiger partial charge on any atom is -0.449 e. The fourth-order valence-corrected chi connectivity index (χ4v) is 6.64. The number of rotatable bonds is 11. The molecule has 1 unspecified atom stereocenters. The number of aliphatic hydroxyl groups excluding tert-OH is 1. The first-order chi connectivity index (χ1) is 20.5. The second kappa shape index (κ2) is 13.2. The highest BCUT2D eigenvalue weighted by Gasteiger charge is 2.32. The van der Waals surface area contributed by atoms with Crippen LogP contribution in [-0.2, 0) is 26.5 Å². The molecule has 1 heterocycles. The smallest absolute Gasteiger partial charge is 0.407 e. The van der Waals surface area contributed by atoms with Crippen molar-refractivity contribution in [2.45, 2.75) is 68.9 Å². The number of sulfonamides is 1. The molecule has 11 heteroatoms. The number of fused-ring (bicyclic) bond motifs is 1. The Labute approximate surface area is 255 Å². The number of halogens is 2. The Hall–Kier alpha value is -1.92. The van der Waals surface area contributed by atoms with E-state index in [9.17, 15) is 18.3 Å². The Morgan fingerprint density at radius 2 is 1.97 bits per heavy atom. The normalized spacial score (nSPS) is 18.6. The summed E-state index contributed by atoms with van der Waals surface area (Å²) in [6.45, 7) is -2.02. The SMILES string of the molecule is [2H]C([2H])([2H])C([2H])(C)C([2H])([2H])N(C[C@@H](O)[C@H](Cc1ccccc1)NC(=O)OC(C)(C)C)S(=O)(=O)c1ccc2oc(Br)c(CBr)c2c1. The molecule has 0 radical (unpaired) electrons. The lowest BCUT2D eigenvalue weighted by atomic mass is 10.0. The topological polar surface area (TPSA) is 109 Å². The van der Waals surface area contributed by atoms with Crippen LogP contribution in [0.3, 0.4) is 0 Å². The van der Waals surface area contributed by atoms with Gasteiger partial charge in [-0.05, 0) is 72.8 Å². The number of amides is 1. The number of aliphatic hydroxyl groups is 1. The van der Waals surface area contributed by atoms with Gasteiger partial charge in [0, 0.05) is 37.5 Å². The molecule has 39 heavy (non-hydrogen) atoms. The Kier molecular flexibility index (Phi) is 8.02. The van der Waals surface area contributed by atoms with Crippen molar-refractivity contribution < 1.29 is 35.7 Å². The first kappa shape index (κ1) is 23.8. The summed E-state index contributed by atoms with van der Waals surface area (Å²) in [6.07, 6.45) is -2.72. The molecule has 214 valence electrons. The number of furan rings is 1. The fraction of sp³-hybridized carbons (Fsp3) is 0.464. The van der Waals surface area contributed by atoms with Crippen molar-refractivity contribution in [1.29, 1.82) is 0 Å². The van der Waals surface area contributed by atoms with E-state index in [2.05, 4.69) is 37.2 Å². The molecule has 0 fully saturated rings. The van der Waals surface area contributed by atoms with E-state index in [0.717, 1.165) is 13.0 Å². The molecule has 3 rings (SSSR count). The quantitative estimate of drug-likeness (QED) is 0.231. The summed E-state index contributed by atoms with van der Waals surface area (Å²) in [7, 11) is -4.96. The van der Waals surface area contributed by atoms with Crippen molar-refractivity contribution in [2.75, 3.05) is 13.0 Å². The zero-order valence-electron chi connectivity index (χ0n) is 28.0.